The highest BCUT2D eigenvalue weighted by atomic mass is 35.5. The fourth-order valence-electron chi connectivity index (χ4n) is 0. The van der Waals surface area contributed by atoms with Gasteiger partial charge >= 0.3 is 0 Å². The number of rotatable bonds is 0. The van der Waals surface area contributed by atoms with Gasteiger partial charge in [-0.3, -0.25) is 0 Å². The van der Waals surface area contributed by atoms with Crippen LogP contribution in [-0.2, 0) is 0 Å². The van der Waals surface area contributed by atoms with Gasteiger partial charge in [0.15, 0.2) is 0 Å². The summed E-state index contributed by atoms with van der Waals surface area (Å²) in [7, 11) is 1.13. The molecule has 0 heterocycles. The van der Waals surface area contributed by atoms with Gasteiger partial charge in [-0.05, 0) is 0 Å². The molecule has 0 spiro atoms. The monoisotopic (exact) mass is 180 g/mol. The number of hydrogen-bond acceptors (Lipinski definition) is 0. The van der Waals surface area contributed by atoms with E-state index in [9.17, 15) is 0 Å². The first-order valence-electron chi connectivity index (χ1n) is 1.73. The predicted octanol–water partition coefficient (Wildman–Crippen LogP) is 1.26. The van der Waals surface area contributed by atoms with Gasteiger partial charge in [-0.15, -0.1) is 34.8 Å². The van der Waals surface area contributed by atoms with Gasteiger partial charge < -0.3 is 0 Å². The first-order valence-corrected chi connectivity index (χ1v) is 5.19. The summed E-state index contributed by atoms with van der Waals surface area (Å²) >= 11 is 14.3. The van der Waals surface area contributed by atoms with Gasteiger partial charge in [0, 0.05) is 28.5 Å². The Labute approximate surface area is 63.6 Å². The third-order valence-corrected chi connectivity index (χ3v) is 0. The van der Waals surface area contributed by atoms with Crippen LogP contribution in [0.25, 0.3) is 0 Å². The van der Waals surface area contributed by atoms with Crippen molar-refractivity contribution < 1.29 is 0 Å². The normalized spacial score (nSPS) is 4.71. The van der Waals surface area contributed by atoms with Crippen molar-refractivity contribution in [2.24, 2.45) is 0 Å². The third-order valence-electron chi connectivity index (χ3n) is 0. The molecule has 0 radical (unpaired) electrons. The fraction of sp³-hybridized carbons (Fsp3) is 1.00. The lowest BCUT2D eigenvalue weighted by Gasteiger charge is -1.44. The summed E-state index contributed by atoms with van der Waals surface area (Å²) in [5, 5.41) is 0. The fourth-order valence-corrected chi connectivity index (χ4v) is 0. The van der Waals surface area contributed by atoms with Crippen LogP contribution in [0.1, 0.15) is 0 Å². The molecule has 0 nitrogen and oxygen atoms in total. The molecule has 7 heavy (non-hydrogen) atoms. The van der Waals surface area contributed by atoms with Crippen LogP contribution in [0, 0.1) is 0 Å². The van der Waals surface area contributed by atoms with E-state index in [1.807, 2.05) is 0 Å². The van der Waals surface area contributed by atoms with Crippen LogP contribution in [0.5, 0.6) is 0 Å². The van der Waals surface area contributed by atoms with Gasteiger partial charge in [0.25, 0.3) is 0 Å². The summed E-state index contributed by atoms with van der Waals surface area (Å²) in [5.74, 6) is 0. The molecule has 0 saturated heterocycles. The molecule has 0 atom stereocenters. The molecule has 0 aliphatic rings. The molecule has 0 unspecified atom stereocenters. The molecule has 0 aromatic carbocycles. The Bertz CT molecular complexity index is 10.1. The van der Waals surface area contributed by atoms with Gasteiger partial charge in [0.2, 0.25) is 0 Å². The van der Waals surface area contributed by atoms with E-state index >= 15 is 0 Å². The summed E-state index contributed by atoms with van der Waals surface area (Å²) < 4.78 is 0. The van der Waals surface area contributed by atoms with E-state index in [0.717, 1.165) is 15.7 Å². The molecule has 0 fully saturated rings. The lowest BCUT2D eigenvalue weighted by atomic mass is 11.9. The number of halogens is 3. The van der Waals surface area contributed by atoms with Crippen molar-refractivity contribution in [1.82, 2.24) is 0 Å². The van der Waals surface area contributed by atoms with Crippen LogP contribution in [0.4, 0.5) is 0 Å². The molecule has 0 saturated carbocycles. The number of alkyl halides is 3. The predicted molar refractivity (Wildman–Crippen MR) is 44.2 cm³/mol. The average molecular weight is 182 g/mol. The molecule has 0 rings (SSSR count). The molecule has 0 aliphatic heterocycles. The topological polar surface area (TPSA) is 0 Å². The quantitative estimate of drug-likeness (QED) is 0.390. The minimum atomic E-state index is 0.861. The van der Waals surface area contributed by atoms with Crippen molar-refractivity contribution >= 4 is 45.0 Å². The van der Waals surface area contributed by atoms with Crippen molar-refractivity contribution in [3.05, 3.63) is 0 Å². The lowest BCUT2D eigenvalue weighted by molar-refractivity contribution is 2.20. The Hall–Kier alpha value is 1.09. The summed E-state index contributed by atoms with van der Waals surface area (Å²) in [6, 6.07) is 0. The largest absolute Gasteiger partial charge is 0.131 e. The summed E-state index contributed by atoms with van der Waals surface area (Å²) in [5.41, 5.74) is 0.861. The minimum Gasteiger partial charge on any atom is -0.131 e. The van der Waals surface area contributed by atoms with Gasteiger partial charge in [0.05, 0.1) is 0 Å². The van der Waals surface area contributed by atoms with Crippen molar-refractivity contribution in [3.8, 4) is 0 Å². The molecule has 0 amide bonds. The van der Waals surface area contributed by atoms with E-state index < -0.39 is 0 Å². The van der Waals surface area contributed by atoms with Crippen LogP contribution in [0.3, 0.4) is 0 Å². The van der Waals surface area contributed by atoms with Crippen molar-refractivity contribution in [1.29, 1.82) is 0 Å². The second-order valence-corrected chi connectivity index (χ2v) is 2.41. The second kappa shape index (κ2) is 60.3. The standard InChI is InChI=1S/CH5ClSi.2CH3Cl/c2-1-3;2*1-2/h1H2,3H3;2*1H3. The molecule has 0 aliphatic carbocycles. The van der Waals surface area contributed by atoms with Gasteiger partial charge in [-0.25, -0.2) is 0 Å². The molecule has 0 aromatic heterocycles. The highest BCUT2D eigenvalue weighted by Crippen LogP contribution is 1.52. The zero-order valence-corrected chi connectivity index (χ0v) is 9.11. The second-order valence-electron chi connectivity index (χ2n) is 0.267. The van der Waals surface area contributed by atoms with Gasteiger partial charge in [0.1, 0.15) is 0 Å². The summed E-state index contributed by atoms with van der Waals surface area (Å²) in [6.45, 7) is 0. The summed E-state index contributed by atoms with van der Waals surface area (Å²) in [6.07, 6.45) is 2.94. The van der Waals surface area contributed by atoms with E-state index in [1.165, 1.54) is 12.8 Å². The molecule has 0 bridgehead atoms. The van der Waals surface area contributed by atoms with E-state index in [0.29, 0.717) is 0 Å². The Kier molecular flexibility index (Phi) is 135. The average Bonchev–Trinajstić information content (AvgIpc) is 1.78. The molecule has 48 valence electrons. The maximum absolute atomic E-state index is 5.06. The Balaban J connectivity index is -0.0000000360. The van der Waals surface area contributed by atoms with Crippen molar-refractivity contribution in [3.63, 3.8) is 0 Å². The van der Waals surface area contributed by atoms with Crippen molar-refractivity contribution in [2.45, 2.75) is 0 Å². The molecular weight excluding hydrogens is 170 g/mol. The molecule has 0 N–H and O–H groups in total. The highest BCUT2D eigenvalue weighted by Gasteiger charge is 1.39. The van der Waals surface area contributed by atoms with E-state index in [1.54, 1.807) is 0 Å². The van der Waals surface area contributed by atoms with Gasteiger partial charge in [-0.1, -0.05) is 0 Å². The maximum atomic E-state index is 5.06. The maximum Gasteiger partial charge on any atom is 0.0215 e. The van der Waals surface area contributed by atoms with Gasteiger partial charge in [-0.2, -0.15) is 0 Å². The Morgan fingerprint density at radius 3 is 1.14 bits per heavy atom. The SMILES string of the molecule is CCl.CCl.[SiH3]CCl. The summed E-state index contributed by atoms with van der Waals surface area (Å²) in [4.78, 5) is 0. The first kappa shape index (κ1) is 15.7. The third kappa shape index (κ3) is 155. The molecule has 0 aromatic rings. The van der Waals surface area contributed by atoms with Crippen molar-refractivity contribution in [2.75, 3.05) is 18.3 Å². The van der Waals surface area contributed by atoms with E-state index in [4.69, 9.17) is 11.6 Å². The smallest absolute Gasteiger partial charge is 0.0215 e. The zero-order chi connectivity index (χ0) is 6.71. The highest BCUT2D eigenvalue weighted by molar-refractivity contribution is 6.36. The Morgan fingerprint density at radius 1 is 1.14 bits per heavy atom. The van der Waals surface area contributed by atoms with Crippen LogP contribution in [0.2, 0.25) is 0 Å². The Morgan fingerprint density at radius 2 is 1.14 bits per heavy atom. The van der Waals surface area contributed by atoms with Crippen LogP contribution < -0.4 is 0 Å². The van der Waals surface area contributed by atoms with E-state index in [-0.39, 0.29) is 0 Å². The van der Waals surface area contributed by atoms with Crippen LogP contribution in [0.15, 0.2) is 0 Å². The van der Waals surface area contributed by atoms with Crippen LogP contribution in [-0.4, -0.2) is 28.5 Å². The molecular formula is C3H11Cl3Si. The van der Waals surface area contributed by atoms with Crippen LogP contribution >= 0.6 is 34.8 Å². The lowest BCUT2D eigenvalue weighted by Crippen LogP contribution is -1.53. The molecule has 4 heteroatoms. The zero-order valence-electron chi connectivity index (χ0n) is 4.84. The first-order chi connectivity index (χ1) is 3.41. The number of hydrogen-bond donors (Lipinski definition) is 0. The van der Waals surface area contributed by atoms with E-state index in [2.05, 4.69) is 23.2 Å². The minimum absolute atomic E-state index is 0.861.